The van der Waals surface area contributed by atoms with Crippen LogP contribution in [0.5, 0.6) is 0 Å². The van der Waals surface area contributed by atoms with Crippen LogP contribution in [-0.2, 0) is 0 Å². The molecular weight excluding hydrogens is 240 g/mol. The number of anilines is 1. The van der Waals surface area contributed by atoms with Gasteiger partial charge in [-0.15, -0.1) is 0 Å². The number of nitrogens with two attached hydrogens (primary N) is 1. The molecule has 1 aliphatic carbocycles. The van der Waals surface area contributed by atoms with E-state index in [9.17, 15) is 4.79 Å². The number of amides is 1. The molecule has 2 rings (SSSR count). The second-order valence-electron chi connectivity index (χ2n) is 5.51. The third-order valence-corrected chi connectivity index (χ3v) is 4.11. The maximum Gasteiger partial charge on any atom is 0.253 e. The Hall–Kier alpha value is -1.62. The highest BCUT2D eigenvalue weighted by molar-refractivity contribution is 5.94. The Kier molecular flexibility index (Phi) is 4.37. The fourth-order valence-electron chi connectivity index (χ4n) is 2.56. The van der Waals surface area contributed by atoms with Gasteiger partial charge >= 0.3 is 0 Å². The summed E-state index contributed by atoms with van der Waals surface area (Å²) in [4.78, 5) is 16.1. The summed E-state index contributed by atoms with van der Waals surface area (Å²) >= 11 is 0. The molecule has 1 amide bonds. The van der Waals surface area contributed by atoms with E-state index in [0.717, 1.165) is 18.8 Å². The number of nitrogens with one attached hydrogen (secondary N) is 2. The summed E-state index contributed by atoms with van der Waals surface area (Å²) in [7, 11) is 0. The average Bonchev–Trinajstić information content (AvgIpc) is 2.43. The van der Waals surface area contributed by atoms with E-state index in [4.69, 9.17) is 5.84 Å². The number of nitrogens with zero attached hydrogens (tertiary/aromatic N) is 1. The Morgan fingerprint density at radius 3 is 2.68 bits per heavy atom. The van der Waals surface area contributed by atoms with Crippen LogP contribution in [0.25, 0.3) is 0 Å². The normalized spacial score (nSPS) is 26.8. The summed E-state index contributed by atoms with van der Waals surface area (Å²) in [6.45, 7) is 4.54. The molecule has 5 nitrogen and oxygen atoms in total. The van der Waals surface area contributed by atoms with Crippen LogP contribution in [0.1, 0.15) is 43.5 Å². The lowest BCUT2D eigenvalue weighted by Gasteiger charge is -2.32. The predicted molar refractivity (Wildman–Crippen MR) is 75.5 cm³/mol. The number of hydrogen-bond donors (Lipinski definition) is 3. The van der Waals surface area contributed by atoms with Crippen molar-refractivity contribution in [2.45, 2.75) is 39.2 Å². The van der Waals surface area contributed by atoms with Gasteiger partial charge in [0.1, 0.15) is 5.82 Å². The number of nitrogen functional groups attached to an aromatic ring is 1. The van der Waals surface area contributed by atoms with Gasteiger partial charge in [0.15, 0.2) is 0 Å². The van der Waals surface area contributed by atoms with Crippen LogP contribution in [0.15, 0.2) is 18.3 Å². The third kappa shape index (κ3) is 3.44. The van der Waals surface area contributed by atoms with Gasteiger partial charge in [-0.25, -0.2) is 10.8 Å². The van der Waals surface area contributed by atoms with Gasteiger partial charge in [0.2, 0.25) is 0 Å². The van der Waals surface area contributed by atoms with Crippen LogP contribution in [-0.4, -0.2) is 16.9 Å². The largest absolute Gasteiger partial charge is 0.349 e. The monoisotopic (exact) mass is 262 g/mol. The van der Waals surface area contributed by atoms with Gasteiger partial charge in [-0.1, -0.05) is 13.8 Å². The maximum absolute atomic E-state index is 12.1. The van der Waals surface area contributed by atoms with E-state index >= 15 is 0 Å². The lowest BCUT2D eigenvalue weighted by atomic mass is 9.79. The maximum atomic E-state index is 12.1. The predicted octanol–water partition coefficient (Wildman–Crippen LogP) is 1.92. The molecule has 0 spiro atoms. The summed E-state index contributed by atoms with van der Waals surface area (Å²) in [6.07, 6.45) is 4.84. The summed E-state index contributed by atoms with van der Waals surface area (Å²) in [5.74, 6) is 7.16. The molecule has 19 heavy (non-hydrogen) atoms. The van der Waals surface area contributed by atoms with E-state index < -0.39 is 0 Å². The molecule has 1 aromatic heterocycles. The van der Waals surface area contributed by atoms with E-state index in [1.807, 2.05) is 0 Å². The van der Waals surface area contributed by atoms with E-state index in [0.29, 0.717) is 17.3 Å². The van der Waals surface area contributed by atoms with Gasteiger partial charge < -0.3 is 10.7 Å². The van der Waals surface area contributed by atoms with E-state index in [1.54, 1.807) is 18.3 Å². The molecule has 1 aromatic rings. The van der Waals surface area contributed by atoms with Gasteiger partial charge in [-0.05, 0) is 43.2 Å². The number of pyridine rings is 1. The second-order valence-corrected chi connectivity index (χ2v) is 5.51. The highest BCUT2D eigenvalue weighted by atomic mass is 16.1. The topological polar surface area (TPSA) is 80.0 Å². The molecule has 3 unspecified atom stereocenters. The molecule has 1 heterocycles. The van der Waals surface area contributed by atoms with Crippen molar-refractivity contribution in [3.05, 3.63) is 23.9 Å². The summed E-state index contributed by atoms with van der Waals surface area (Å²) < 4.78 is 0. The Bertz CT molecular complexity index is 432. The highest BCUT2D eigenvalue weighted by Crippen LogP contribution is 2.29. The van der Waals surface area contributed by atoms with Gasteiger partial charge in [0.05, 0.1) is 5.56 Å². The van der Waals surface area contributed by atoms with Gasteiger partial charge in [0.25, 0.3) is 5.91 Å². The molecule has 1 aliphatic rings. The molecule has 0 saturated heterocycles. The first-order chi connectivity index (χ1) is 9.10. The van der Waals surface area contributed by atoms with Crippen LogP contribution in [0.4, 0.5) is 5.82 Å². The minimum atomic E-state index is -0.0529. The first-order valence-corrected chi connectivity index (χ1v) is 6.83. The fraction of sp³-hybridized carbons (Fsp3) is 0.571. The molecule has 104 valence electrons. The van der Waals surface area contributed by atoms with Crippen molar-refractivity contribution < 1.29 is 4.79 Å². The summed E-state index contributed by atoms with van der Waals surface area (Å²) in [5, 5.41) is 3.09. The van der Waals surface area contributed by atoms with Crippen LogP contribution >= 0.6 is 0 Å². The lowest BCUT2D eigenvalue weighted by molar-refractivity contribution is 0.0910. The smallest absolute Gasteiger partial charge is 0.253 e. The van der Waals surface area contributed by atoms with Crippen molar-refractivity contribution in [1.29, 1.82) is 0 Å². The Balaban J connectivity index is 1.93. The standard InChI is InChI=1S/C14H22N4O/c1-9-3-5-12(7-10(9)2)17-14(19)11-4-6-13(18-15)16-8-11/h4,6,8-10,12H,3,5,7,15H2,1-2H3,(H,16,18)(H,17,19). The number of carbonyl (C=O) groups excluding carboxylic acids is 1. The zero-order valence-corrected chi connectivity index (χ0v) is 11.5. The van der Waals surface area contributed by atoms with Crippen molar-refractivity contribution in [3.63, 3.8) is 0 Å². The number of carbonyl (C=O) groups is 1. The number of aromatic nitrogens is 1. The average molecular weight is 262 g/mol. The molecule has 3 atom stereocenters. The second kappa shape index (κ2) is 6.02. The zero-order chi connectivity index (χ0) is 13.8. The van der Waals surface area contributed by atoms with Crippen molar-refractivity contribution in [2.24, 2.45) is 17.7 Å². The molecule has 0 aromatic carbocycles. The van der Waals surface area contributed by atoms with Crippen LogP contribution in [0, 0.1) is 11.8 Å². The quantitative estimate of drug-likeness (QED) is 0.574. The van der Waals surface area contributed by atoms with Crippen LogP contribution < -0.4 is 16.6 Å². The first-order valence-electron chi connectivity index (χ1n) is 6.83. The molecule has 5 heteroatoms. The summed E-state index contributed by atoms with van der Waals surface area (Å²) in [6, 6.07) is 3.71. The Labute approximate surface area is 114 Å². The van der Waals surface area contributed by atoms with Crippen molar-refractivity contribution in [3.8, 4) is 0 Å². The molecule has 0 radical (unpaired) electrons. The molecule has 1 fully saturated rings. The first kappa shape index (κ1) is 13.8. The van der Waals surface area contributed by atoms with Crippen LogP contribution in [0.2, 0.25) is 0 Å². The minimum Gasteiger partial charge on any atom is -0.349 e. The van der Waals surface area contributed by atoms with E-state index in [2.05, 4.69) is 29.6 Å². The molecule has 0 bridgehead atoms. The van der Waals surface area contributed by atoms with Crippen LogP contribution in [0.3, 0.4) is 0 Å². The van der Waals surface area contributed by atoms with Crippen molar-refractivity contribution in [2.75, 3.05) is 5.43 Å². The fourth-order valence-corrected chi connectivity index (χ4v) is 2.56. The minimum absolute atomic E-state index is 0.0529. The van der Waals surface area contributed by atoms with E-state index in [1.165, 1.54) is 6.42 Å². The molecular formula is C14H22N4O. The van der Waals surface area contributed by atoms with Gasteiger partial charge in [0, 0.05) is 12.2 Å². The number of hydrazine groups is 1. The molecule has 4 N–H and O–H groups in total. The highest BCUT2D eigenvalue weighted by Gasteiger charge is 2.25. The molecule has 0 aliphatic heterocycles. The van der Waals surface area contributed by atoms with Gasteiger partial charge in [-0.3, -0.25) is 4.79 Å². The number of hydrogen-bond acceptors (Lipinski definition) is 4. The molecule has 1 saturated carbocycles. The zero-order valence-electron chi connectivity index (χ0n) is 11.5. The van der Waals surface area contributed by atoms with E-state index in [-0.39, 0.29) is 11.9 Å². The lowest BCUT2D eigenvalue weighted by Crippen LogP contribution is -2.39. The number of rotatable bonds is 3. The van der Waals surface area contributed by atoms with Crippen molar-refractivity contribution >= 4 is 11.7 Å². The van der Waals surface area contributed by atoms with Crippen molar-refractivity contribution in [1.82, 2.24) is 10.3 Å². The SMILES string of the molecule is CC1CCC(NC(=O)c2ccc(NN)nc2)CC1C. The Morgan fingerprint density at radius 2 is 2.11 bits per heavy atom. The summed E-state index contributed by atoms with van der Waals surface area (Å²) in [5.41, 5.74) is 3.02. The Morgan fingerprint density at radius 1 is 1.32 bits per heavy atom. The van der Waals surface area contributed by atoms with Gasteiger partial charge in [-0.2, -0.15) is 0 Å². The third-order valence-electron chi connectivity index (χ3n) is 4.11.